The standard InChI is InChI=1S/C18H28N6O3/c1-21-7-8-23(11-15(21)25)10-14-9-18(12-27-14)3-5-24(6-4-18)17(26)16-19-13-20-22(16)2/h13-14H,3-12H2,1-2H3/t14-/m0/s1. The van der Waals surface area contributed by atoms with E-state index >= 15 is 0 Å². The molecule has 1 aromatic rings. The molecule has 27 heavy (non-hydrogen) atoms. The van der Waals surface area contributed by atoms with Crippen LogP contribution in [0.3, 0.4) is 0 Å². The van der Waals surface area contributed by atoms with E-state index in [9.17, 15) is 9.59 Å². The normalized spacial score (nSPS) is 26.1. The van der Waals surface area contributed by atoms with E-state index in [0.717, 1.165) is 58.6 Å². The first-order chi connectivity index (χ1) is 13.0. The molecule has 9 heteroatoms. The number of hydrogen-bond donors (Lipinski definition) is 0. The summed E-state index contributed by atoms with van der Waals surface area (Å²) in [6.45, 7) is 5.23. The fourth-order valence-electron chi connectivity index (χ4n) is 4.43. The Labute approximate surface area is 159 Å². The number of amides is 2. The van der Waals surface area contributed by atoms with Gasteiger partial charge >= 0.3 is 0 Å². The van der Waals surface area contributed by atoms with E-state index in [4.69, 9.17) is 4.74 Å². The molecular weight excluding hydrogens is 348 g/mol. The number of carbonyl (C=O) groups excluding carboxylic acids is 2. The third kappa shape index (κ3) is 3.70. The highest BCUT2D eigenvalue weighted by molar-refractivity contribution is 5.90. The molecule has 2 amide bonds. The molecule has 0 aromatic carbocycles. The van der Waals surface area contributed by atoms with Crippen LogP contribution in [0.25, 0.3) is 0 Å². The van der Waals surface area contributed by atoms with Gasteiger partial charge in [0, 0.05) is 46.8 Å². The Morgan fingerprint density at radius 2 is 2.04 bits per heavy atom. The van der Waals surface area contributed by atoms with Gasteiger partial charge in [-0.1, -0.05) is 0 Å². The highest BCUT2D eigenvalue weighted by atomic mass is 16.5. The summed E-state index contributed by atoms with van der Waals surface area (Å²) >= 11 is 0. The van der Waals surface area contributed by atoms with Crippen LogP contribution < -0.4 is 0 Å². The fraction of sp³-hybridized carbons (Fsp3) is 0.778. The SMILES string of the molecule is CN1CCN(C[C@@H]2CC3(CCN(C(=O)c4ncnn4C)CC3)CO2)CC1=O. The van der Waals surface area contributed by atoms with Gasteiger partial charge in [0.2, 0.25) is 11.7 Å². The van der Waals surface area contributed by atoms with Crippen molar-refractivity contribution in [2.45, 2.75) is 25.4 Å². The molecule has 0 aliphatic carbocycles. The van der Waals surface area contributed by atoms with Gasteiger partial charge in [-0.3, -0.25) is 14.5 Å². The van der Waals surface area contributed by atoms with Gasteiger partial charge in [0.25, 0.3) is 5.91 Å². The molecule has 3 aliphatic heterocycles. The first-order valence-corrected chi connectivity index (χ1v) is 9.67. The van der Waals surface area contributed by atoms with Gasteiger partial charge < -0.3 is 14.5 Å². The number of piperidine rings is 1. The minimum absolute atomic E-state index is 0.0451. The predicted molar refractivity (Wildman–Crippen MR) is 97.0 cm³/mol. The first-order valence-electron chi connectivity index (χ1n) is 9.67. The van der Waals surface area contributed by atoms with Crippen molar-refractivity contribution < 1.29 is 14.3 Å². The van der Waals surface area contributed by atoms with Crippen LogP contribution in [-0.2, 0) is 16.6 Å². The third-order valence-electron chi connectivity index (χ3n) is 6.30. The molecule has 0 N–H and O–H groups in total. The van der Waals surface area contributed by atoms with Crippen molar-refractivity contribution in [3.8, 4) is 0 Å². The molecule has 3 fully saturated rings. The second-order valence-electron chi connectivity index (χ2n) is 8.19. The van der Waals surface area contributed by atoms with Crippen LogP contribution in [-0.4, -0.2) is 100 Å². The molecule has 0 saturated carbocycles. The van der Waals surface area contributed by atoms with Crippen molar-refractivity contribution in [2.75, 3.05) is 52.9 Å². The van der Waals surface area contributed by atoms with E-state index in [1.807, 2.05) is 11.9 Å². The molecule has 1 atom stereocenters. The summed E-state index contributed by atoms with van der Waals surface area (Å²) in [7, 11) is 3.60. The maximum absolute atomic E-state index is 12.6. The van der Waals surface area contributed by atoms with Crippen molar-refractivity contribution >= 4 is 11.8 Å². The molecule has 1 spiro atoms. The number of piperazine rings is 1. The third-order valence-corrected chi connectivity index (χ3v) is 6.30. The number of aryl methyl sites for hydroxylation is 1. The Morgan fingerprint density at radius 3 is 2.70 bits per heavy atom. The smallest absolute Gasteiger partial charge is 0.291 e. The summed E-state index contributed by atoms with van der Waals surface area (Å²) in [5.41, 5.74) is 0.165. The molecule has 0 unspecified atom stereocenters. The number of rotatable bonds is 3. The summed E-state index contributed by atoms with van der Waals surface area (Å²) in [5.74, 6) is 0.534. The van der Waals surface area contributed by atoms with Crippen molar-refractivity contribution in [3.05, 3.63) is 12.2 Å². The van der Waals surface area contributed by atoms with Crippen LogP contribution in [0.1, 0.15) is 29.9 Å². The lowest BCUT2D eigenvalue weighted by molar-refractivity contribution is -0.134. The number of ether oxygens (including phenoxy) is 1. The van der Waals surface area contributed by atoms with E-state index in [1.165, 1.54) is 11.0 Å². The lowest BCUT2D eigenvalue weighted by atomic mass is 9.76. The largest absolute Gasteiger partial charge is 0.376 e. The van der Waals surface area contributed by atoms with Crippen LogP contribution in [0.4, 0.5) is 0 Å². The van der Waals surface area contributed by atoms with Crippen molar-refractivity contribution in [2.24, 2.45) is 12.5 Å². The number of aromatic nitrogens is 3. The molecule has 3 aliphatic rings. The zero-order chi connectivity index (χ0) is 19.0. The van der Waals surface area contributed by atoms with Gasteiger partial charge in [0.1, 0.15) is 6.33 Å². The lowest BCUT2D eigenvalue weighted by Crippen LogP contribution is -2.50. The topological polar surface area (TPSA) is 83.8 Å². The maximum Gasteiger partial charge on any atom is 0.291 e. The molecule has 3 saturated heterocycles. The number of likely N-dealkylation sites (N-methyl/N-ethyl adjacent to an activating group) is 1. The zero-order valence-corrected chi connectivity index (χ0v) is 16.1. The van der Waals surface area contributed by atoms with Crippen LogP contribution in [0.15, 0.2) is 6.33 Å². The van der Waals surface area contributed by atoms with E-state index in [-0.39, 0.29) is 23.3 Å². The Bertz CT molecular complexity index is 712. The molecule has 148 valence electrons. The van der Waals surface area contributed by atoms with Crippen molar-refractivity contribution in [1.29, 1.82) is 0 Å². The fourth-order valence-corrected chi connectivity index (χ4v) is 4.43. The monoisotopic (exact) mass is 376 g/mol. The number of nitrogens with zero attached hydrogens (tertiary/aromatic N) is 6. The van der Waals surface area contributed by atoms with E-state index in [0.29, 0.717) is 12.4 Å². The van der Waals surface area contributed by atoms with Gasteiger partial charge in [0.05, 0.1) is 19.3 Å². The Hall–Kier alpha value is -2.00. The first kappa shape index (κ1) is 18.4. The van der Waals surface area contributed by atoms with Gasteiger partial charge in [-0.2, -0.15) is 5.10 Å². The molecule has 1 aromatic heterocycles. The summed E-state index contributed by atoms with van der Waals surface area (Å²) < 4.78 is 7.63. The Balaban J connectivity index is 1.29. The summed E-state index contributed by atoms with van der Waals surface area (Å²) in [5, 5.41) is 3.99. The van der Waals surface area contributed by atoms with Gasteiger partial charge in [0.15, 0.2) is 0 Å². The van der Waals surface area contributed by atoms with E-state index < -0.39 is 0 Å². The van der Waals surface area contributed by atoms with E-state index in [1.54, 1.807) is 11.9 Å². The zero-order valence-electron chi connectivity index (χ0n) is 16.1. The number of carbonyl (C=O) groups is 2. The molecular formula is C18H28N6O3. The average Bonchev–Trinajstić information content (AvgIpc) is 3.25. The van der Waals surface area contributed by atoms with Gasteiger partial charge in [-0.05, 0) is 24.7 Å². The second-order valence-corrected chi connectivity index (χ2v) is 8.19. The average molecular weight is 376 g/mol. The lowest BCUT2D eigenvalue weighted by Gasteiger charge is -2.38. The van der Waals surface area contributed by atoms with Crippen LogP contribution in [0.2, 0.25) is 0 Å². The molecule has 9 nitrogen and oxygen atoms in total. The summed E-state index contributed by atoms with van der Waals surface area (Å²) in [4.78, 5) is 34.4. The molecule has 0 radical (unpaired) electrons. The van der Waals surface area contributed by atoms with Crippen LogP contribution >= 0.6 is 0 Å². The quantitative estimate of drug-likeness (QED) is 0.714. The molecule has 4 heterocycles. The second kappa shape index (κ2) is 7.20. The Kier molecular flexibility index (Phi) is 4.90. The minimum Gasteiger partial charge on any atom is -0.376 e. The minimum atomic E-state index is -0.0451. The Morgan fingerprint density at radius 1 is 1.26 bits per heavy atom. The van der Waals surface area contributed by atoms with Gasteiger partial charge in [-0.25, -0.2) is 9.67 Å². The number of hydrogen-bond acceptors (Lipinski definition) is 6. The summed E-state index contributed by atoms with van der Waals surface area (Å²) in [6.07, 6.45) is 4.52. The summed E-state index contributed by atoms with van der Waals surface area (Å²) in [6, 6.07) is 0. The highest BCUT2D eigenvalue weighted by Gasteiger charge is 2.44. The number of likely N-dealkylation sites (tertiary alicyclic amines) is 1. The van der Waals surface area contributed by atoms with Crippen molar-refractivity contribution in [3.63, 3.8) is 0 Å². The predicted octanol–water partition coefficient (Wildman–Crippen LogP) is -0.400. The maximum atomic E-state index is 12.6. The van der Waals surface area contributed by atoms with Crippen LogP contribution in [0.5, 0.6) is 0 Å². The van der Waals surface area contributed by atoms with E-state index in [2.05, 4.69) is 15.0 Å². The van der Waals surface area contributed by atoms with Crippen molar-refractivity contribution in [1.82, 2.24) is 29.5 Å². The van der Waals surface area contributed by atoms with Crippen LogP contribution in [0, 0.1) is 5.41 Å². The highest BCUT2D eigenvalue weighted by Crippen LogP contribution is 2.42. The molecule has 0 bridgehead atoms. The van der Waals surface area contributed by atoms with Gasteiger partial charge in [-0.15, -0.1) is 0 Å². The molecule has 4 rings (SSSR count).